The van der Waals surface area contributed by atoms with Crippen molar-refractivity contribution in [1.82, 2.24) is 0 Å². The van der Waals surface area contributed by atoms with Crippen LogP contribution in [-0.2, 0) is 16.0 Å². The van der Waals surface area contributed by atoms with Crippen molar-refractivity contribution in [3.05, 3.63) is 46.5 Å². The van der Waals surface area contributed by atoms with E-state index in [-0.39, 0.29) is 11.0 Å². The van der Waals surface area contributed by atoms with Crippen molar-refractivity contribution >= 4 is 17.6 Å². The molecule has 0 amide bonds. The van der Waals surface area contributed by atoms with E-state index in [2.05, 4.69) is 12.1 Å². The number of aryl methyl sites for hydroxylation is 1. The van der Waals surface area contributed by atoms with Crippen LogP contribution in [0.3, 0.4) is 0 Å². The fourth-order valence-corrected chi connectivity index (χ4v) is 1.75. The number of cyclic esters (lactones) is 1. The summed E-state index contributed by atoms with van der Waals surface area (Å²) in [5.41, 5.74) is 2.15. The van der Waals surface area contributed by atoms with Crippen molar-refractivity contribution in [2.45, 2.75) is 12.8 Å². The van der Waals surface area contributed by atoms with Gasteiger partial charge in [0.1, 0.15) is 11.6 Å². The third-order valence-corrected chi connectivity index (χ3v) is 2.85. The van der Waals surface area contributed by atoms with Gasteiger partial charge in [0, 0.05) is 0 Å². The molecular weight excluding hydrogens is 212 g/mol. The Bertz CT molecular complexity index is 395. The average Bonchev–Trinajstić information content (AvgIpc) is 2.59. The van der Waals surface area contributed by atoms with Gasteiger partial charge in [-0.2, -0.15) is 0 Å². The van der Waals surface area contributed by atoms with Crippen LogP contribution in [0.15, 0.2) is 40.9 Å². The Kier molecular flexibility index (Phi) is 3.07. The third-order valence-electron chi connectivity index (χ3n) is 2.43. The number of carbonyl (C=O) groups excluding carboxylic acids is 1. The van der Waals surface area contributed by atoms with Crippen LogP contribution in [0.2, 0.25) is 0 Å². The van der Waals surface area contributed by atoms with Crippen LogP contribution < -0.4 is 0 Å². The molecule has 15 heavy (non-hydrogen) atoms. The maximum Gasteiger partial charge on any atom is 0.350 e. The van der Waals surface area contributed by atoms with Gasteiger partial charge in [-0.25, -0.2) is 4.79 Å². The summed E-state index contributed by atoms with van der Waals surface area (Å²) in [6.07, 6.45) is 1.68. The molecule has 0 saturated heterocycles. The minimum Gasteiger partial charge on any atom is -0.457 e. The van der Waals surface area contributed by atoms with Crippen molar-refractivity contribution in [2.75, 3.05) is 6.61 Å². The van der Waals surface area contributed by atoms with Crippen molar-refractivity contribution in [1.29, 1.82) is 0 Å². The second kappa shape index (κ2) is 4.49. The molecule has 1 aliphatic rings. The summed E-state index contributed by atoms with van der Waals surface area (Å²) in [5.74, 6) is -0.389. The summed E-state index contributed by atoms with van der Waals surface area (Å²) in [6, 6.07) is 10.1. The Hall–Kier alpha value is -1.28. The number of esters is 1. The average molecular weight is 223 g/mol. The van der Waals surface area contributed by atoms with Gasteiger partial charge < -0.3 is 4.74 Å². The second-order valence-corrected chi connectivity index (χ2v) is 3.86. The van der Waals surface area contributed by atoms with Gasteiger partial charge in [-0.1, -0.05) is 41.9 Å². The molecule has 0 saturated carbocycles. The summed E-state index contributed by atoms with van der Waals surface area (Å²) >= 11 is 5.80. The SMILES string of the molecule is O=C1OCC(CCc2ccccc2)=C1Cl. The van der Waals surface area contributed by atoms with E-state index in [1.165, 1.54) is 5.56 Å². The van der Waals surface area contributed by atoms with E-state index in [0.717, 1.165) is 18.4 Å². The summed E-state index contributed by atoms with van der Waals surface area (Å²) in [7, 11) is 0. The third kappa shape index (κ3) is 2.39. The molecule has 0 aliphatic carbocycles. The lowest BCUT2D eigenvalue weighted by Gasteiger charge is -2.01. The second-order valence-electron chi connectivity index (χ2n) is 3.48. The topological polar surface area (TPSA) is 26.3 Å². The first-order chi connectivity index (χ1) is 7.27. The first-order valence-electron chi connectivity index (χ1n) is 4.86. The molecule has 78 valence electrons. The summed E-state index contributed by atoms with van der Waals surface area (Å²) in [6.45, 7) is 0.352. The van der Waals surface area contributed by atoms with Crippen LogP contribution in [0.25, 0.3) is 0 Å². The zero-order chi connectivity index (χ0) is 10.7. The van der Waals surface area contributed by atoms with Gasteiger partial charge in [-0.15, -0.1) is 0 Å². The molecule has 0 atom stereocenters. The molecule has 1 aromatic carbocycles. The van der Waals surface area contributed by atoms with E-state index in [1.54, 1.807) is 0 Å². The van der Waals surface area contributed by atoms with E-state index in [1.807, 2.05) is 18.2 Å². The molecule has 2 rings (SSSR count). The van der Waals surface area contributed by atoms with Crippen molar-refractivity contribution in [3.63, 3.8) is 0 Å². The van der Waals surface area contributed by atoms with E-state index in [9.17, 15) is 4.79 Å². The normalized spacial score (nSPS) is 15.7. The number of hydrogen-bond acceptors (Lipinski definition) is 2. The predicted molar refractivity (Wildman–Crippen MR) is 58.6 cm³/mol. The van der Waals surface area contributed by atoms with Crippen molar-refractivity contribution < 1.29 is 9.53 Å². The fourth-order valence-electron chi connectivity index (χ4n) is 1.55. The molecule has 1 aliphatic heterocycles. The van der Waals surface area contributed by atoms with E-state index in [4.69, 9.17) is 16.3 Å². The quantitative estimate of drug-likeness (QED) is 0.735. The molecular formula is C12H11ClO2. The van der Waals surface area contributed by atoms with Gasteiger partial charge in [0.15, 0.2) is 0 Å². The molecule has 2 nitrogen and oxygen atoms in total. The first kappa shape index (κ1) is 10.2. The molecule has 3 heteroatoms. The highest BCUT2D eigenvalue weighted by Gasteiger charge is 2.22. The Morgan fingerprint density at radius 3 is 2.53 bits per heavy atom. The smallest absolute Gasteiger partial charge is 0.350 e. The molecule has 0 aromatic heterocycles. The van der Waals surface area contributed by atoms with Crippen LogP contribution >= 0.6 is 11.6 Å². The predicted octanol–water partition coefficient (Wildman–Crippen LogP) is 2.67. The van der Waals surface area contributed by atoms with Gasteiger partial charge >= 0.3 is 5.97 Å². The Morgan fingerprint density at radius 2 is 1.93 bits per heavy atom. The first-order valence-corrected chi connectivity index (χ1v) is 5.24. The molecule has 1 heterocycles. The highest BCUT2D eigenvalue weighted by atomic mass is 35.5. The zero-order valence-corrected chi connectivity index (χ0v) is 8.96. The van der Waals surface area contributed by atoms with Crippen LogP contribution in [0.5, 0.6) is 0 Å². The summed E-state index contributed by atoms with van der Waals surface area (Å²) in [5, 5.41) is 0.269. The minimum absolute atomic E-state index is 0.269. The minimum atomic E-state index is -0.389. The number of ether oxygens (including phenoxy) is 1. The van der Waals surface area contributed by atoms with Gasteiger partial charge in [0.2, 0.25) is 0 Å². The molecule has 0 bridgehead atoms. The number of halogens is 1. The zero-order valence-electron chi connectivity index (χ0n) is 8.20. The van der Waals surface area contributed by atoms with Crippen molar-refractivity contribution in [2.24, 2.45) is 0 Å². The Balaban J connectivity index is 1.97. The lowest BCUT2D eigenvalue weighted by Crippen LogP contribution is -1.93. The van der Waals surface area contributed by atoms with E-state index >= 15 is 0 Å². The molecule has 0 unspecified atom stereocenters. The van der Waals surface area contributed by atoms with Gasteiger partial charge in [0.25, 0.3) is 0 Å². The Labute approximate surface area is 93.5 Å². The molecule has 1 aromatic rings. The lowest BCUT2D eigenvalue weighted by atomic mass is 10.1. The lowest BCUT2D eigenvalue weighted by molar-refractivity contribution is -0.135. The van der Waals surface area contributed by atoms with E-state index < -0.39 is 0 Å². The van der Waals surface area contributed by atoms with Crippen LogP contribution in [0.1, 0.15) is 12.0 Å². The van der Waals surface area contributed by atoms with Crippen LogP contribution in [0.4, 0.5) is 0 Å². The van der Waals surface area contributed by atoms with Crippen molar-refractivity contribution in [3.8, 4) is 0 Å². The summed E-state index contributed by atoms with van der Waals surface area (Å²) in [4.78, 5) is 11.0. The summed E-state index contributed by atoms with van der Waals surface area (Å²) < 4.78 is 4.82. The number of carbonyl (C=O) groups is 1. The monoisotopic (exact) mass is 222 g/mol. The highest BCUT2D eigenvalue weighted by molar-refractivity contribution is 6.42. The van der Waals surface area contributed by atoms with Gasteiger partial charge in [0.05, 0.1) is 0 Å². The number of rotatable bonds is 3. The fraction of sp³-hybridized carbons (Fsp3) is 0.250. The number of benzene rings is 1. The molecule has 0 fully saturated rings. The maximum atomic E-state index is 11.0. The maximum absolute atomic E-state index is 11.0. The molecule has 0 radical (unpaired) electrons. The molecule has 0 N–H and O–H groups in total. The van der Waals surface area contributed by atoms with Crippen LogP contribution in [-0.4, -0.2) is 12.6 Å². The van der Waals surface area contributed by atoms with Gasteiger partial charge in [-0.05, 0) is 24.0 Å². The molecule has 0 spiro atoms. The number of hydrogen-bond donors (Lipinski definition) is 0. The highest BCUT2D eigenvalue weighted by Crippen LogP contribution is 2.23. The van der Waals surface area contributed by atoms with Gasteiger partial charge in [-0.3, -0.25) is 0 Å². The van der Waals surface area contributed by atoms with E-state index in [0.29, 0.717) is 6.61 Å². The Morgan fingerprint density at radius 1 is 1.20 bits per heavy atom. The van der Waals surface area contributed by atoms with Crippen LogP contribution in [0, 0.1) is 0 Å². The largest absolute Gasteiger partial charge is 0.457 e. The standard InChI is InChI=1S/C12H11ClO2/c13-11-10(8-15-12(11)14)7-6-9-4-2-1-3-5-9/h1-5H,6-8H2.